The van der Waals surface area contributed by atoms with Gasteiger partial charge in [0, 0.05) is 23.7 Å². The topological polar surface area (TPSA) is 96.8 Å². The highest BCUT2D eigenvalue weighted by Crippen LogP contribution is 2.35. The maximum absolute atomic E-state index is 11.4. The Kier molecular flexibility index (Phi) is 7.15. The molecule has 8 nitrogen and oxygen atoms in total. The minimum atomic E-state index is -0.788. The number of ether oxygens (including phenoxy) is 2. The van der Waals surface area contributed by atoms with E-state index in [1.165, 1.54) is 6.33 Å². The molecule has 4 aromatic rings. The van der Waals surface area contributed by atoms with Crippen LogP contribution in [0.3, 0.4) is 0 Å². The summed E-state index contributed by atoms with van der Waals surface area (Å²) in [6, 6.07) is 20.4. The van der Waals surface area contributed by atoms with Crippen molar-refractivity contribution in [2.75, 3.05) is 25.5 Å². The zero-order valence-corrected chi connectivity index (χ0v) is 20.3. The normalized spacial score (nSPS) is 15.1. The smallest absolute Gasteiger partial charge is 0.320 e. The van der Waals surface area contributed by atoms with Gasteiger partial charge in [0.25, 0.3) is 0 Å². The van der Waals surface area contributed by atoms with Crippen molar-refractivity contribution in [3.63, 3.8) is 0 Å². The van der Waals surface area contributed by atoms with Crippen LogP contribution in [0.5, 0.6) is 17.2 Å². The summed E-state index contributed by atoms with van der Waals surface area (Å²) in [6.07, 6.45) is 3.04. The average molecular weight is 495 g/mol. The Bertz CT molecular complexity index is 1480. The predicted octanol–water partition coefficient (Wildman–Crippen LogP) is 5.07. The lowest BCUT2D eigenvalue weighted by atomic mass is 10.1. The Morgan fingerprint density at radius 3 is 2.78 bits per heavy atom. The van der Waals surface area contributed by atoms with Crippen LogP contribution in [0.2, 0.25) is 0 Å². The van der Waals surface area contributed by atoms with Gasteiger partial charge in [-0.2, -0.15) is 0 Å². The summed E-state index contributed by atoms with van der Waals surface area (Å²) in [5.74, 6) is 8.07. The van der Waals surface area contributed by atoms with Crippen molar-refractivity contribution in [1.82, 2.24) is 14.9 Å². The number of carboxylic acids is 1. The SMILES string of the molecule is COc1cc(Nc2ncnc3c(C#CCN4CCCC4C(=O)O)cccc23)ccc1Oc1ccccc1. The van der Waals surface area contributed by atoms with Gasteiger partial charge in [0.15, 0.2) is 11.5 Å². The maximum Gasteiger partial charge on any atom is 0.320 e. The molecule has 1 aliphatic rings. The van der Waals surface area contributed by atoms with Gasteiger partial charge < -0.3 is 19.9 Å². The average Bonchev–Trinajstić information content (AvgIpc) is 3.39. The minimum Gasteiger partial charge on any atom is -0.493 e. The van der Waals surface area contributed by atoms with E-state index in [4.69, 9.17) is 9.47 Å². The van der Waals surface area contributed by atoms with Gasteiger partial charge in [-0.15, -0.1) is 0 Å². The number of nitrogens with zero attached hydrogens (tertiary/aromatic N) is 3. The van der Waals surface area contributed by atoms with Crippen LogP contribution in [-0.2, 0) is 4.79 Å². The van der Waals surface area contributed by atoms with Crippen molar-refractivity contribution >= 4 is 28.4 Å². The number of likely N-dealkylation sites (tertiary alicyclic amines) is 1. The molecule has 5 rings (SSSR count). The Morgan fingerprint density at radius 1 is 1.11 bits per heavy atom. The quantitative estimate of drug-likeness (QED) is 0.344. The molecule has 1 saturated heterocycles. The molecular weight excluding hydrogens is 468 g/mol. The second-order valence-corrected chi connectivity index (χ2v) is 8.60. The number of aliphatic carboxylic acids is 1. The van der Waals surface area contributed by atoms with Gasteiger partial charge in [-0.25, -0.2) is 9.97 Å². The summed E-state index contributed by atoms with van der Waals surface area (Å²) in [4.78, 5) is 22.2. The number of rotatable bonds is 7. The number of carboxylic acid groups (broad SMARTS) is 1. The number of hydrogen-bond acceptors (Lipinski definition) is 7. The highest BCUT2D eigenvalue weighted by molar-refractivity contribution is 5.94. The van der Waals surface area contributed by atoms with E-state index in [9.17, 15) is 9.90 Å². The number of fused-ring (bicyclic) bond motifs is 1. The van der Waals surface area contributed by atoms with E-state index in [1.807, 2.05) is 71.6 Å². The summed E-state index contributed by atoms with van der Waals surface area (Å²) in [7, 11) is 1.60. The molecule has 0 amide bonds. The van der Waals surface area contributed by atoms with Crippen LogP contribution in [-0.4, -0.2) is 52.2 Å². The van der Waals surface area contributed by atoms with Gasteiger partial charge in [0.2, 0.25) is 0 Å². The molecule has 1 fully saturated rings. The van der Waals surface area contributed by atoms with Crippen molar-refractivity contribution < 1.29 is 19.4 Å². The summed E-state index contributed by atoms with van der Waals surface area (Å²) in [6.45, 7) is 1.15. The van der Waals surface area contributed by atoms with Crippen molar-refractivity contribution in [2.24, 2.45) is 0 Å². The van der Waals surface area contributed by atoms with Crippen LogP contribution >= 0.6 is 0 Å². The third kappa shape index (κ3) is 5.47. The Labute approximate surface area is 214 Å². The number of hydrogen-bond donors (Lipinski definition) is 2. The van der Waals surface area contributed by atoms with Gasteiger partial charge in [-0.1, -0.05) is 36.1 Å². The van der Waals surface area contributed by atoms with Crippen LogP contribution in [0, 0.1) is 11.8 Å². The zero-order chi connectivity index (χ0) is 25.6. The molecule has 0 bridgehead atoms. The molecule has 0 spiro atoms. The van der Waals surface area contributed by atoms with E-state index < -0.39 is 12.0 Å². The molecule has 2 N–H and O–H groups in total. The molecule has 1 aromatic heterocycles. The lowest BCUT2D eigenvalue weighted by molar-refractivity contribution is -0.141. The first-order valence-corrected chi connectivity index (χ1v) is 12.0. The molecule has 1 unspecified atom stereocenters. The molecule has 37 heavy (non-hydrogen) atoms. The van der Waals surface area contributed by atoms with Gasteiger partial charge in [-0.3, -0.25) is 9.69 Å². The number of benzene rings is 3. The first kappa shape index (κ1) is 24.1. The highest BCUT2D eigenvalue weighted by Gasteiger charge is 2.29. The van der Waals surface area contributed by atoms with E-state index in [0.29, 0.717) is 30.3 Å². The molecule has 1 atom stereocenters. The molecule has 8 heteroatoms. The first-order valence-electron chi connectivity index (χ1n) is 12.0. The van der Waals surface area contributed by atoms with Crippen LogP contribution < -0.4 is 14.8 Å². The van der Waals surface area contributed by atoms with Crippen molar-refractivity contribution in [3.05, 3.63) is 78.6 Å². The van der Waals surface area contributed by atoms with E-state index in [-0.39, 0.29) is 0 Å². The largest absolute Gasteiger partial charge is 0.493 e. The number of carbonyl (C=O) groups is 1. The molecule has 186 valence electrons. The zero-order valence-electron chi connectivity index (χ0n) is 20.3. The highest BCUT2D eigenvalue weighted by atomic mass is 16.5. The summed E-state index contributed by atoms with van der Waals surface area (Å²) in [5, 5.41) is 13.6. The van der Waals surface area contributed by atoms with Crippen molar-refractivity contribution in [1.29, 1.82) is 0 Å². The lowest BCUT2D eigenvalue weighted by Gasteiger charge is -2.17. The fourth-order valence-corrected chi connectivity index (χ4v) is 4.40. The second-order valence-electron chi connectivity index (χ2n) is 8.60. The van der Waals surface area contributed by atoms with E-state index in [1.54, 1.807) is 7.11 Å². The third-order valence-electron chi connectivity index (χ3n) is 6.22. The molecule has 3 aromatic carbocycles. The molecule has 2 heterocycles. The van der Waals surface area contributed by atoms with Gasteiger partial charge in [0.1, 0.15) is 23.9 Å². The fourth-order valence-electron chi connectivity index (χ4n) is 4.40. The maximum atomic E-state index is 11.4. The van der Waals surface area contributed by atoms with Crippen LogP contribution in [0.25, 0.3) is 10.9 Å². The Morgan fingerprint density at radius 2 is 1.97 bits per heavy atom. The lowest BCUT2D eigenvalue weighted by Crippen LogP contribution is -2.36. The van der Waals surface area contributed by atoms with E-state index >= 15 is 0 Å². The van der Waals surface area contributed by atoms with Crippen LogP contribution in [0.1, 0.15) is 18.4 Å². The molecule has 0 saturated carbocycles. The van der Waals surface area contributed by atoms with Crippen molar-refractivity contribution in [2.45, 2.75) is 18.9 Å². The fraction of sp³-hybridized carbons (Fsp3) is 0.207. The standard InChI is InChI=1S/C29H26N4O4/c1-36-26-18-21(14-15-25(26)37-22-10-3-2-4-11-22)32-28-23-12-5-8-20(27(23)30-19-31-28)9-6-16-33-17-7-13-24(33)29(34)35/h2-5,8,10-12,14-15,18-19,24H,7,13,16-17H2,1H3,(H,34,35)(H,30,31,32). The van der Waals surface area contributed by atoms with E-state index in [2.05, 4.69) is 27.1 Å². The third-order valence-corrected chi connectivity index (χ3v) is 6.22. The monoisotopic (exact) mass is 494 g/mol. The second kappa shape index (κ2) is 11.0. The van der Waals surface area contributed by atoms with Gasteiger partial charge in [0.05, 0.1) is 24.7 Å². The Hall–Kier alpha value is -4.61. The number of anilines is 2. The van der Waals surface area contributed by atoms with Crippen molar-refractivity contribution in [3.8, 4) is 29.1 Å². The molecule has 0 radical (unpaired) electrons. The molecular formula is C29H26N4O4. The van der Waals surface area contributed by atoms with E-state index in [0.717, 1.165) is 40.9 Å². The number of methoxy groups -OCH3 is 1. The summed E-state index contributed by atoms with van der Waals surface area (Å²) < 4.78 is 11.5. The molecule has 0 aliphatic carbocycles. The number of nitrogens with one attached hydrogen (secondary N) is 1. The van der Waals surface area contributed by atoms with Gasteiger partial charge >= 0.3 is 5.97 Å². The van der Waals surface area contributed by atoms with Gasteiger partial charge in [-0.05, 0) is 49.2 Å². The van der Waals surface area contributed by atoms with Crippen LogP contribution in [0.15, 0.2) is 73.1 Å². The summed E-state index contributed by atoms with van der Waals surface area (Å²) >= 11 is 0. The Balaban J connectivity index is 1.37. The summed E-state index contributed by atoms with van der Waals surface area (Å²) in [5.41, 5.74) is 2.26. The van der Waals surface area contributed by atoms with Crippen LogP contribution in [0.4, 0.5) is 11.5 Å². The number of aromatic nitrogens is 2. The minimum absolute atomic E-state index is 0.404. The first-order chi connectivity index (χ1) is 18.1. The molecule has 1 aliphatic heterocycles. The predicted molar refractivity (Wildman–Crippen MR) is 141 cm³/mol. The number of para-hydroxylation sites is 2.